The predicted molar refractivity (Wildman–Crippen MR) is 59.7 cm³/mol. The van der Waals surface area contributed by atoms with Crippen molar-refractivity contribution in [2.24, 2.45) is 0 Å². The van der Waals surface area contributed by atoms with Crippen molar-refractivity contribution in [2.45, 2.75) is 32.6 Å². The maximum absolute atomic E-state index is 10.4. The van der Waals surface area contributed by atoms with Gasteiger partial charge in [0.25, 0.3) is 0 Å². The monoisotopic (exact) mass is 272 g/mol. The highest BCUT2D eigenvalue weighted by Crippen LogP contribution is 2.15. The van der Waals surface area contributed by atoms with E-state index in [-0.39, 0.29) is 6.42 Å². The lowest BCUT2D eigenvalue weighted by Gasteiger charge is -2.03. The van der Waals surface area contributed by atoms with E-state index in [1.54, 1.807) is 6.20 Å². The molecule has 1 aromatic rings. The van der Waals surface area contributed by atoms with Gasteiger partial charge in [0.2, 0.25) is 0 Å². The van der Waals surface area contributed by atoms with Gasteiger partial charge in [-0.25, -0.2) is 9.97 Å². The average molecular weight is 273 g/mol. The fraction of sp³-hybridized carbons (Fsp3) is 0.500. The number of aliphatic carboxylic acids is 1. The Bertz CT molecular complexity index is 355. The molecule has 0 spiro atoms. The molecule has 0 aliphatic heterocycles. The summed E-state index contributed by atoms with van der Waals surface area (Å²) >= 11 is 3.35. The molecule has 0 unspecified atom stereocenters. The molecule has 0 bridgehead atoms. The second kappa shape index (κ2) is 5.80. The minimum Gasteiger partial charge on any atom is -0.481 e. The summed E-state index contributed by atoms with van der Waals surface area (Å²) < 4.78 is 0.852. The van der Waals surface area contributed by atoms with Crippen LogP contribution in [0.1, 0.15) is 31.3 Å². The summed E-state index contributed by atoms with van der Waals surface area (Å²) in [6, 6.07) is 0. The van der Waals surface area contributed by atoms with E-state index >= 15 is 0 Å². The van der Waals surface area contributed by atoms with Crippen LogP contribution in [0.3, 0.4) is 0 Å². The predicted octanol–water partition coefficient (Wildman–Crippen LogP) is 2.21. The molecule has 1 aromatic heterocycles. The van der Waals surface area contributed by atoms with Crippen molar-refractivity contribution in [3.8, 4) is 0 Å². The first-order valence-corrected chi connectivity index (χ1v) is 5.65. The van der Waals surface area contributed by atoms with E-state index in [0.717, 1.165) is 22.4 Å². The Morgan fingerprint density at radius 3 is 2.93 bits per heavy atom. The van der Waals surface area contributed by atoms with Crippen LogP contribution in [0.15, 0.2) is 10.7 Å². The molecular weight excluding hydrogens is 260 g/mol. The summed E-state index contributed by atoms with van der Waals surface area (Å²) in [5, 5.41) is 8.52. The van der Waals surface area contributed by atoms with Gasteiger partial charge >= 0.3 is 5.97 Å². The number of aryl methyl sites for hydroxylation is 2. The van der Waals surface area contributed by atoms with Crippen LogP contribution in [-0.4, -0.2) is 21.0 Å². The lowest BCUT2D eigenvalue weighted by Crippen LogP contribution is -2.01. The van der Waals surface area contributed by atoms with E-state index in [4.69, 9.17) is 5.11 Å². The standard InChI is InChI=1S/C10H13BrN2O2/c1-2-9-12-6-7(11)8(13-9)4-3-5-10(14)15/h6H,2-5H2,1H3,(H,14,15). The molecular formula is C10H13BrN2O2. The highest BCUT2D eigenvalue weighted by atomic mass is 79.9. The first-order chi connectivity index (χ1) is 7.13. The van der Waals surface area contributed by atoms with Crippen LogP contribution in [0, 0.1) is 0 Å². The molecule has 0 saturated heterocycles. The maximum Gasteiger partial charge on any atom is 0.303 e. The summed E-state index contributed by atoms with van der Waals surface area (Å²) in [4.78, 5) is 18.8. The molecule has 1 heterocycles. The Morgan fingerprint density at radius 1 is 1.60 bits per heavy atom. The van der Waals surface area contributed by atoms with Gasteiger partial charge in [0.15, 0.2) is 0 Å². The summed E-state index contributed by atoms with van der Waals surface area (Å²) in [6.07, 6.45) is 3.97. The number of carboxylic acids is 1. The molecule has 0 atom stereocenters. The zero-order valence-electron chi connectivity index (χ0n) is 8.53. The summed E-state index contributed by atoms with van der Waals surface area (Å²) in [5.74, 6) is 0.0272. The Hall–Kier alpha value is -0.970. The van der Waals surface area contributed by atoms with Crippen molar-refractivity contribution in [1.82, 2.24) is 9.97 Å². The molecule has 0 aromatic carbocycles. The second-order valence-corrected chi connectivity index (χ2v) is 4.04. The van der Waals surface area contributed by atoms with Gasteiger partial charge in [0.05, 0.1) is 10.2 Å². The number of hydrogen-bond donors (Lipinski definition) is 1. The second-order valence-electron chi connectivity index (χ2n) is 3.18. The van der Waals surface area contributed by atoms with Gasteiger partial charge in [-0.2, -0.15) is 0 Å². The first kappa shape index (κ1) is 12.1. The number of nitrogens with zero attached hydrogens (tertiary/aromatic N) is 2. The number of rotatable bonds is 5. The van der Waals surface area contributed by atoms with Crippen molar-refractivity contribution in [2.75, 3.05) is 0 Å². The van der Waals surface area contributed by atoms with Gasteiger partial charge in [-0.15, -0.1) is 0 Å². The molecule has 1 N–H and O–H groups in total. The molecule has 0 aliphatic carbocycles. The number of carbonyl (C=O) groups is 1. The molecule has 0 amide bonds. The molecule has 0 aliphatic rings. The number of aromatic nitrogens is 2. The number of carboxylic acid groups (broad SMARTS) is 1. The van der Waals surface area contributed by atoms with Gasteiger partial charge in [-0.3, -0.25) is 4.79 Å². The molecule has 82 valence electrons. The number of halogens is 1. The molecule has 0 saturated carbocycles. The number of hydrogen-bond acceptors (Lipinski definition) is 3. The van der Waals surface area contributed by atoms with Gasteiger partial charge in [0, 0.05) is 19.0 Å². The van der Waals surface area contributed by atoms with E-state index in [0.29, 0.717) is 12.8 Å². The average Bonchev–Trinajstić information content (AvgIpc) is 2.20. The maximum atomic E-state index is 10.4. The zero-order chi connectivity index (χ0) is 11.3. The van der Waals surface area contributed by atoms with E-state index in [1.165, 1.54) is 0 Å². The van der Waals surface area contributed by atoms with Crippen LogP contribution in [0.2, 0.25) is 0 Å². The minimum absolute atomic E-state index is 0.178. The van der Waals surface area contributed by atoms with Crippen LogP contribution in [-0.2, 0) is 17.6 Å². The van der Waals surface area contributed by atoms with Crippen molar-refractivity contribution in [1.29, 1.82) is 0 Å². The molecule has 1 rings (SSSR count). The van der Waals surface area contributed by atoms with E-state index < -0.39 is 5.97 Å². The summed E-state index contributed by atoms with van der Waals surface area (Å²) in [5.41, 5.74) is 0.892. The lowest BCUT2D eigenvalue weighted by molar-refractivity contribution is -0.137. The van der Waals surface area contributed by atoms with E-state index in [1.807, 2.05) is 6.92 Å². The van der Waals surface area contributed by atoms with Crippen LogP contribution in [0.5, 0.6) is 0 Å². The largest absolute Gasteiger partial charge is 0.481 e. The third-order valence-electron chi connectivity index (χ3n) is 1.99. The topological polar surface area (TPSA) is 63.1 Å². The van der Waals surface area contributed by atoms with E-state index in [9.17, 15) is 4.79 Å². The third-order valence-corrected chi connectivity index (χ3v) is 2.65. The zero-order valence-corrected chi connectivity index (χ0v) is 10.1. The van der Waals surface area contributed by atoms with Crippen LogP contribution >= 0.6 is 15.9 Å². The fourth-order valence-corrected chi connectivity index (χ4v) is 1.59. The van der Waals surface area contributed by atoms with Gasteiger partial charge in [-0.1, -0.05) is 6.92 Å². The highest BCUT2D eigenvalue weighted by molar-refractivity contribution is 9.10. The van der Waals surface area contributed by atoms with Gasteiger partial charge in [0.1, 0.15) is 5.82 Å². The lowest BCUT2D eigenvalue weighted by atomic mass is 10.2. The van der Waals surface area contributed by atoms with Crippen LogP contribution < -0.4 is 0 Å². The quantitative estimate of drug-likeness (QED) is 0.893. The Morgan fingerprint density at radius 2 is 2.33 bits per heavy atom. The molecule has 0 fully saturated rings. The molecule has 4 nitrogen and oxygen atoms in total. The van der Waals surface area contributed by atoms with Gasteiger partial charge < -0.3 is 5.11 Å². The molecule has 5 heteroatoms. The van der Waals surface area contributed by atoms with Crippen LogP contribution in [0.25, 0.3) is 0 Å². The van der Waals surface area contributed by atoms with Crippen LogP contribution in [0.4, 0.5) is 0 Å². The van der Waals surface area contributed by atoms with E-state index in [2.05, 4.69) is 25.9 Å². The van der Waals surface area contributed by atoms with Crippen molar-refractivity contribution < 1.29 is 9.90 Å². The Kier molecular flexibility index (Phi) is 4.68. The highest BCUT2D eigenvalue weighted by Gasteiger charge is 2.05. The Balaban J connectivity index is 2.62. The summed E-state index contributed by atoms with van der Waals surface area (Å²) in [7, 11) is 0. The normalized spacial score (nSPS) is 10.3. The molecule has 0 radical (unpaired) electrons. The Labute approximate surface area is 96.9 Å². The first-order valence-electron chi connectivity index (χ1n) is 4.85. The third kappa shape index (κ3) is 3.95. The summed E-state index contributed by atoms with van der Waals surface area (Å²) in [6.45, 7) is 1.99. The SMILES string of the molecule is CCc1ncc(Br)c(CCCC(=O)O)n1. The smallest absolute Gasteiger partial charge is 0.303 e. The molecule has 15 heavy (non-hydrogen) atoms. The van der Waals surface area contributed by atoms with Crippen molar-refractivity contribution in [3.05, 3.63) is 22.2 Å². The van der Waals surface area contributed by atoms with Gasteiger partial charge in [-0.05, 0) is 28.8 Å². The van der Waals surface area contributed by atoms with Crippen molar-refractivity contribution >= 4 is 21.9 Å². The minimum atomic E-state index is -0.768. The fourth-order valence-electron chi connectivity index (χ4n) is 1.20. The van der Waals surface area contributed by atoms with Crippen molar-refractivity contribution in [3.63, 3.8) is 0 Å².